The molecule has 0 spiro atoms. The van der Waals surface area contributed by atoms with E-state index in [9.17, 15) is 4.79 Å². The fourth-order valence-electron chi connectivity index (χ4n) is 2.47. The van der Waals surface area contributed by atoms with Crippen molar-refractivity contribution in [2.75, 3.05) is 46.1 Å². The molecule has 0 aromatic carbocycles. The van der Waals surface area contributed by atoms with Crippen molar-refractivity contribution in [3.05, 3.63) is 0 Å². The summed E-state index contributed by atoms with van der Waals surface area (Å²) in [5.41, 5.74) is 0. The minimum atomic E-state index is -0.124. The average molecular weight is 295 g/mol. The molecule has 2 aliphatic heterocycles. The summed E-state index contributed by atoms with van der Waals surface area (Å²) in [6, 6.07) is 0. The molecule has 0 bridgehead atoms. The van der Waals surface area contributed by atoms with Crippen molar-refractivity contribution in [3.8, 4) is 11.8 Å². The first kappa shape index (κ1) is 16.3. The molecule has 0 aromatic heterocycles. The zero-order valence-electron chi connectivity index (χ0n) is 12.8. The van der Waals surface area contributed by atoms with Gasteiger partial charge in [-0.15, -0.1) is 5.92 Å². The maximum atomic E-state index is 11.7. The third kappa shape index (κ3) is 5.66. The molecule has 2 saturated heterocycles. The first-order chi connectivity index (χ1) is 10.3. The number of nitrogens with zero attached hydrogens (tertiary/aromatic N) is 1. The van der Waals surface area contributed by atoms with Crippen LogP contribution in [0.2, 0.25) is 0 Å². The number of cyclic esters (lactones) is 1. The first-order valence-electron chi connectivity index (χ1n) is 7.83. The maximum Gasteiger partial charge on any atom is 0.310 e. The summed E-state index contributed by atoms with van der Waals surface area (Å²) >= 11 is 0. The fraction of sp³-hybridized carbons (Fsp3) is 0.812. The van der Waals surface area contributed by atoms with E-state index in [1.54, 1.807) is 0 Å². The summed E-state index contributed by atoms with van der Waals surface area (Å²) in [5, 5.41) is 0. The van der Waals surface area contributed by atoms with E-state index in [-0.39, 0.29) is 18.0 Å². The van der Waals surface area contributed by atoms with Crippen LogP contribution in [0.4, 0.5) is 0 Å². The van der Waals surface area contributed by atoms with E-state index in [0.29, 0.717) is 13.0 Å². The molecule has 2 rings (SSSR count). The van der Waals surface area contributed by atoms with Gasteiger partial charge in [-0.05, 0) is 6.42 Å². The van der Waals surface area contributed by atoms with Gasteiger partial charge in [0.05, 0.1) is 32.3 Å². The summed E-state index contributed by atoms with van der Waals surface area (Å²) in [6.07, 6.45) is 2.22. The topological polar surface area (TPSA) is 48.0 Å². The minimum absolute atomic E-state index is 0.0857. The van der Waals surface area contributed by atoms with E-state index in [1.165, 1.54) is 0 Å². The lowest BCUT2D eigenvalue weighted by Gasteiger charge is -2.24. The van der Waals surface area contributed by atoms with Gasteiger partial charge in [0, 0.05) is 32.5 Å². The Morgan fingerprint density at radius 1 is 1.33 bits per heavy atom. The third-order valence-corrected chi connectivity index (χ3v) is 3.70. The first-order valence-corrected chi connectivity index (χ1v) is 7.83. The normalized spacial score (nSPS) is 26.2. The van der Waals surface area contributed by atoms with Crippen LogP contribution in [0.5, 0.6) is 0 Å². The summed E-state index contributed by atoms with van der Waals surface area (Å²) in [6.45, 7) is 7.51. The number of carbonyl (C=O) groups is 1. The van der Waals surface area contributed by atoms with Crippen molar-refractivity contribution in [3.63, 3.8) is 0 Å². The van der Waals surface area contributed by atoms with Gasteiger partial charge in [0.25, 0.3) is 0 Å². The molecule has 0 N–H and O–H groups in total. The van der Waals surface area contributed by atoms with E-state index in [0.717, 1.165) is 52.3 Å². The van der Waals surface area contributed by atoms with E-state index in [1.807, 2.05) is 0 Å². The molecule has 2 heterocycles. The lowest BCUT2D eigenvalue weighted by Crippen LogP contribution is -2.36. The van der Waals surface area contributed by atoms with Crippen molar-refractivity contribution < 1.29 is 19.0 Å². The number of ether oxygens (including phenoxy) is 3. The number of carbonyl (C=O) groups excluding carboxylic acids is 1. The Labute approximate surface area is 126 Å². The van der Waals surface area contributed by atoms with Crippen LogP contribution >= 0.6 is 0 Å². The molecule has 2 aliphatic rings. The lowest BCUT2D eigenvalue weighted by atomic mass is 10.0. The monoisotopic (exact) mass is 295 g/mol. The Hall–Kier alpha value is -1.09. The summed E-state index contributed by atoms with van der Waals surface area (Å²) in [4.78, 5) is 14.0. The Morgan fingerprint density at radius 2 is 2.14 bits per heavy atom. The van der Waals surface area contributed by atoms with E-state index in [4.69, 9.17) is 14.2 Å². The second-order valence-corrected chi connectivity index (χ2v) is 5.51. The second-order valence-electron chi connectivity index (χ2n) is 5.51. The molecule has 0 saturated carbocycles. The Bertz CT molecular complexity index is 381. The maximum absolute atomic E-state index is 11.7. The molecule has 0 aliphatic carbocycles. The quantitative estimate of drug-likeness (QED) is 0.417. The lowest BCUT2D eigenvalue weighted by molar-refractivity contribution is -0.146. The van der Waals surface area contributed by atoms with Crippen LogP contribution in [-0.2, 0) is 19.0 Å². The Morgan fingerprint density at radius 3 is 2.90 bits per heavy atom. The zero-order chi connectivity index (χ0) is 14.9. The molecule has 118 valence electrons. The number of hydrogen-bond acceptors (Lipinski definition) is 5. The molecular formula is C16H25NO4. The van der Waals surface area contributed by atoms with Gasteiger partial charge in [0.1, 0.15) is 6.10 Å². The third-order valence-electron chi connectivity index (χ3n) is 3.70. The van der Waals surface area contributed by atoms with Gasteiger partial charge in [0.2, 0.25) is 0 Å². The van der Waals surface area contributed by atoms with Crippen LogP contribution in [-0.4, -0.2) is 63.0 Å². The highest BCUT2D eigenvalue weighted by atomic mass is 16.6. The minimum Gasteiger partial charge on any atom is -0.460 e. The summed E-state index contributed by atoms with van der Waals surface area (Å²) < 4.78 is 16.0. The molecule has 2 fully saturated rings. The largest absolute Gasteiger partial charge is 0.460 e. The molecule has 0 unspecified atom stereocenters. The molecule has 0 radical (unpaired) electrons. The average Bonchev–Trinajstić information content (AvgIpc) is 2.85. The Kier molecular flexibility index (Phi) is 7.01. The van der Waals surface area contributed by atoms with E-state index >= 15 is 0 Å². The van der Waals surface area contributed by atoms with Crippen molar-refractivity contribution in [1.82, 2.24) is 4.90 Å². The predicted molar refractivity (Wildman–Crippen MR) is 78.7 cm³/mol. The second kappa shape index (κ2) is 9.04. The highest BCUT2D eigenvalue weighted by Gasteiger charge is 2.33. The van der Waals surface area contributed by atoms with Gasteiger partial charge < -0.3 is 14.2 Å². The molecule has 5 nitrogen and oxygen atoms in total. The van der Waals surface area contributed by atoms with E-state index < -0.39 is 0 Å². The molecule has 2 atom stereocenters. The summed E-state index contributed by atoms with van der Waals surface area (Å²) in [7, 11) is 0. The van der Waals surface area contributed by atoms with Crippen molar-refractivity contribution in [1.29, 1.82) is 0 Å². The number of esters is 1. The van der Waals surface area contributed by atoms with Crippen LogP contribution in [0.3, 0.4) is 0 Å². The zero-order valence-corrected chi connectivity index (χ0v) is 12.8. The van der Waals surface area contributed by atoms with Crippen molar-refractivity contribution in [2.24, 2.45) is 5.92 Å². The Balaban J connectivity index is 1.65. The van der Waals surface area contributed by atoms with Gasteiger partial charge in [-0.3, -0.25) is 9.69 Å². The molecular weight excluding hydrogens is 270 g/mol. The van der Waals surface area contributed by atoms with Crippen molar-refractivity contribution in [2.45, 2.75) is 32.3 Å². The van der Waals surface area contributed by atoms with Gasteiger partial charge in [0.15, 0.2) is 0 Å². The SMILES string of the molecule is CCCOC[C@@H]1C[C@@H](CC#CCN2CCOCC2)C(=O)O1. The van der Waals surface area contributed by atoms with Crippen LogP contribution < -0.4 is 0 Å². The smallest absolute Gasteiger partial charge is 0.310 e. The molecule has 0 aromatic rings. The number of morpholine rings is 1. The van der Waals surface area contributed by atoms with Crippen LogP contribution in [0, 0.1) is 17.8 Å². The highest BCUT2D eigenvalue weighted by molar-refractivity contribution is 5.75. The van der Waals surface area contributed by atoms with Crippen LogP contribution in [0.15, 0.2) is 0 Å². The van der Waals surface area contributed by atoms with Crippen LogP contribution in [0.25, 0.3) is 0 Å². The number of rotatable bonds is 6. The van der Waals surface area contributed by atoms with Crippen LogP contribution in [0.1, 0.15) is 26.2 Å². The summed E-state index contributed by atoms with van der Waals surface area (Å²) in [5.74, 6) is 6.06. The van der Waals surface area contributed by atoms with E-state index in [2.05, 4.69) is 23.7 Å². The van der Waals surface area contributed by atoms with Gasteiger partial charge in [-0.25, -0.2) is 0 Å². The van der Waals surface area contributed by atoms with Crippen molar-refractivity contribution >= 4 is 5.97 Å². The van der Waals surface area contributed by atoms with Gasteiger partial charge >= 0.3 is 5.97 Å². The van der Waals surface area contributed by atoms with Gasteiger partial charge in [-0.2, -0.15) is 0 Å². The highest BCUT2D eigenvalue weighted by Crippen LogP contribution is 2.23. The molecule has 5 heteroatoms. The van der Waals surface area contributed by atoms with Gasteiger partial charge in [-0.1, -0.05) is 12.8 Å². The number of hydrogen-bond donors (Lipinski definition) is 0. The standard InChI is InChI=1S/C16H25NO4/c1-2-9-20-13-15-12-14(16(18)21-15)5-3-4-6-17-7-10-19-11-8-17/h14-15H,2,5-13H2,1H3/t14-,15+/m1/s1. The molecule has 0 amide bonds. The fourth-order valence-corrected chi connectivity index (χ4v) is 2.47. The molecule has 21 heavy (non-hydrogen) atoms. The predicted octanol–water partition coefficient (Wildman–Crippen LogP) is 1.07.